The molecule has 0 spiro atoms. The third kappa shape index (κ3) is 3.51. The maximum absolute atomic E-state index is 11.4. The number of nitrogens with two attached hydrogens (primary N) is 1. The molecular weight excluding hydrogens is 345 g/mol. The van der Waals surface area contributed by atoms with Crippen LogP contribution < -0.4 is 5.73 Å². The maximum atomic E-state index is 11.4. The van der Waals surface area contributed by atoms with Gasteiger partial charge < -0.3 is 15.6 Å². The molecule has 1 unspecified atom stereocenters. The van der Waals surface area contributed by atoms with Crippen molar-refractivity contribution < 1.29 is 14.6 Å². The van der Waals surface area contributed by atoms with Crippen molar-refractivity contribution in [1.29, 1.82) is 0 Å². The summed E-state index contributed by atoms with van der Waals surface area (Å²) < 4.78 is 5.06. The molecule has 7 heteroatoms. The first kappa shape index (κ1) is 15.6. The molecule has 1 rings (SSSR count). The molecule has 0 aliphatic carbocycles. The minimum Gasteiger partial charge on any atom is -0.506 e. The molecule has 0 bridgehead atoms. The Hall–Kier alpha value is -0.490. The van der Waals surface area contributed by atoms with Gasteiger partial charge in [0.05, 0.1) is 21.1 Å². The molecule has 0 heterocycles. The molecule has 1 aromatic rings. The highest BCUT2D eigenvalue weighted by atomic mass is 79.9. The van der Waals surface area contributed by atoms with Gasteiger partial charge in [-0.3, -0.25) is 4.79 Å². The standard InChI is InChI=1S/C11H12BrCl2NO3/c1-2-18-11(17)7(15)4-5-3-6(13)9(14)8(12)10(5)16/h3,7,16H,2,4,15H2,1H3. The molecule has 18 heavy (non-hydrogen) atoms. The number of carbonyl (C=O) groups excluding carboxylic acids is 1. The van der Waals surface area contributed by atoms with E-state index >= 15 is 0 Å². The van der Waals surface area contributed by atoms with Crippen molar-refractivity contribution in [2.45, 2.75) is 19.4 Å². The summed E-state index contributed by atoms with van der Waals surface area (Å²) in [7, 11) is 0. The molecule has 3 N–H and O–H groups in total. The molecule has 4 nitrogen and oxygen atoms in total. The van der Waals surface area contributed by atoms with Crippen molar-refractivity contribution in [3.05, 3.63) is 26.1 Å². The first-order chi connectivity index (χ1) is 8.38. The Balaban J connectivity index is 2.95. The van der Waals surface area contributed by atoms with Gasteiger partial charge in [0.15, 0.2) is 0 Å². The van der Waals surface area contributed by atoms with Crippen molar-refractivity contribution in [3.63, 3.8) is 0 Å². The zero-order valence-corrected chi connectivity index (χ0v) is 12.6. The minimum atomic E-state index is -0.861. The lowest BCUT2D eigenvalue weighted by molar-refractivity contribution is -0.144. The predicted molar refractivity (Wildman–Crippen MR) is 74.1 cm³/mol. The Morgan fingerprint density at radius 2 is 2.22 bits per heavy atom. The van der Waals surface area contributed by atoms with Gasteiger partial charge in [-0.15, -0.1) is 0 Å². The Labute approximate surface area is 123 Å². The number of benzene rings is 1. The number of phenols is 1. The summed E-state index contributed by atoms with van der Waals surface area (Å²) in [5.74, 6) is -0.608. The zero-order chi connectivity index (χ0) is 13.9. The highest BCUT2D eigenvalue weighted by molar-refractivity contribution is 9.10. The summed E-state index contributed by atoms with van der Waals surface area (Å²) in [6, 6.07) is 0.614. The van der Waals surface area contributed by atoms with E-state index in [1.165, 1.54) is 6.07 Å². The van der Waals surface area contributed by atoms with Crippen LogP contribution in [0.5, 0.6) is 5.75 Å². The maximum Gasteiger partial charge on any atom is 0.323 e. The molecule has 0 radical (unpaired) electrons. The zero-order valence-electron chi connectivity index (χ0n) is 9.54. The predicted octanol–water partition coefficient (Wildman–Crippen LogP) is 2.89. The van der Waals surface area contributed by atoms with Gasteiger partial charge in [0.2, 0.25) is 0 Å². The molecule has 0 saturated heterocycles. The van der Waals surface area contributed by atoms with Crippen molar-refractivity contribution in [1.82, 2.24) is 0 Å². The average Bonchev–Trinajstić information content (AvgIpc) is 2.33. The molecular formula is C11H12BrCl2NO3. The molecule has 0 amide bonds. The average molecular weight is 357 g/mol. The van der Waals surface area contributed by atoms with E-state index in [2.05, 4.69) is 15.9 Å². The lowest BCUT2D eigenvalue weighted by Gasteiger charge is -2.13. The molecule has 100 valence electrons. The summed E-state index contributed by atoms with van der Waals surface area (Å²) in [4.78, 5) is 11.4. The first-order valence-electron chi connectivity index (χ1n) is 5.16. The van der Waals surface area contributed by atoms with Gasteiger partial charge >= 0.3 is 5.97 Å². The SMILES string of the molecule is CCOC(=O)C(N)Cc1cc(Cl)c(Cl)c(Br)c1O. The molecule has 0 aliphatic heterocycles. The highest BCUT2D eigenvalue weighted by Crippen LogP contribution is 2.39. The van der Waals surface area contributed by atoms with Crippen LogP contribution in [-0.2, 0) is 16.0 Å². The number of rotatable bonds is 4. The van der Waals surface area contributed by atoms with Crippen LogP contribution in [0.15, 0.2) is 10.5 Å². The van der Waals surface area contributed by atoms with Crippen LogP contribution in [0.25, 0.3) is 0 Å². The minimum absolute atomic E-state index is 0.0795. The molecule has 0 fully saturated rings. The fourth-order valence-corrected chi connectivity index (χ4v) is 2.31. The Bertz CT molecular complexity index is 468. The summed E-state index contributed by atoms with van der Waals surface area (Å²) in [6.45, 7) is 1.95. The van der Waals surface area contributed by atoms with Gasteiger partial charge in [0.25, 0.3) is 0 Å². The van der Waals surface area contributed by atoms with E-state index in [0.717, 1.165) is 0 Å². The van der Waals surface area contributed by atoms with E-state index in [9.17, 15) is 9.90 Å². The summed E-state index contributed by atoms with van der Waals surface area (Å²) in [5.41, 5.74) is 6.09. The van der Waals surface area contributed by atoms with Crippen LogP contribution in [0, 0.1) is 0 Å². The second kappa shape index (κ2) is 6.61. The number of ether oxygens (including phenoxy) is 1. The molecule has 1 aromatic carbocycles. The van der Waals surface area contributed by atoms with Gasteiger partial charge in [-0.2, -0.15) is 0 Å². The van der Waals surface area contributed by atoms with E-state index < -0.39 is 12.0 Å². The third-order valence-electron chi connectivity index (χ3n) is 2.24. The van der Waals surface area contributed by atoms with Crippen molar-refractivity contribution in [2.24, 2.45) is 5.73 Å². The Morgan fingerprint density at radius 1 is 1.61 bits per heavy atom. The van der Waals surface area contributed by atoms with Gasteiger partial charge in [-0.25, -0.2) is 0 Å². The van der Waals surface area contributed by atoms with Crippen LogP contribution in [-0.4, -0.2) is 23.7 Å². The number of phenolic OH excluding ortho intramolecular Hbond substituents is 1. The van der Waals surface area contributed by atoms with Gasteiger partial charge in [-0.1, -0.05) is 23.2 Å². The summed E-state index contributed by atoms with van der Waals surface area (Å²) in [5, 5.41) is 10.3. The van der Waals surface area contributed by atoms with E-state index in [-0.39, 0.29) is 33.3 Å². The Morgan fingerprint density at radius 3 is 2.78 bits per heavy atom. The molecule has 1 atom stereocenters. The number of hydrogen-bond donors (Lipinski definition) is 2. The number of hydrogen-bond acceptors (Lipinski definition) is 4. The van der Waals surface area contributed by atoms with E-state index in [0.29, 0.717) is 5.56 Å². The first-order valence-corrected chi connectivity index (χ1v) is 6.70. The fourth-order valence-electron chi connectivity index (χ4n) is 1.36. The quantitative estimate of drug-likeness (QED) is 0.642. The van der Waals surface area contributed by atoms with Crippen LogP contribution in [0.1, 0.15) is 12.5 Å². The molecule has 0 saturated carbocycles. The fraction of sp³-hybridized carbons (Fsp3) is 0.364. The van der Waals surface area contributed by atoms with Crippen LogP contribution >= 0.6 is 39.1 Å². The number of esters is 1. The smallest absolute Gasteiger partial charge is 0.323 e. The third-order valence-corrected chi connectivity index (χ3v) is 4.03. The molecule has 0 aromatic heterocycles. The van der Waals surface area contributed by atoms with E-state index in [1.54, 1.807) is 6.92 Å². The van der Waals surface area contributed by atoms with E-state index in [4.69, 9.17) is 33.7 Å². The Kier molecular flexibility index (Phi) is 5.72. The second-order valence-corrected chi connectivity index (χ2v) is 5.13. The largest absolute Gasteiger partial charge is 0.506 e. The normalized spacial score (nSPS) is 12.3. The second-order valence-electron chi connectivity index (χ2n) is 3.56. The van der Waals surface area contributed by atoms with Crippen LogP contribution in [0.4, 0.5) is 0 Å². The van der Waals surface area contributed by atoms with Crippen LogP contribution in [0.2, 0.25) is 10.0 Å². The number of aromatic hydroxyl groups is 1. The number of halogens is 3. The van der Waals surface area contributed by atoms with Crippen LogP contribution in [0.3, 0.4) is 0 Å². The topological polar surface area (TPSA) is 72.5 Å². The van der Waals surface area contributed by atoms with Crippen molar-refractivity contribution in [2.75, 3.05) is 6.61 Å². The lowest BCUT2D eigenvalue weighted by Crippen LogP contribution is -2.34. The highest BCUT2D eigenvalue weighted by Gasteiger charge is 2.20. The van der Waals surface area contributed by atoms with Crippen molar-refractivity contribution in [3.8, 4) is 5.75 Å². The van der Waals surface area contributed by atoms with Gasteiger partial charge in [0, 0.05) is 6.42 Å². The molecule has 0 aliphatic rings. The lowest BCUT2D eigenvalue weighted by atomic mass is 10.1. The van der Waals surface area contributed by atoms with E-state index in [1.807, 2.05) is 0 Å². The monoisotopic (exact) mass is 355 g/mol. The van der Waals surface area contributed by atoms with Gasteiger partial charge in [0.1, 0.15) is 11.8 Å². The van der Waals surface area contributed by atoms with Crippen molar-refractivity contribution >= 4 is 45.1 Å². The summed E-state index contributed by atoms with van der Waals surface area (Å²) >= 11 is 14.8. The van der Waals surface area contributed by atoms with Gasteiger partial charge in [-0.05, 0) is 34.5 Å². The number of carbonyl (C=O) groups is 1. The summed E-state index contributed by atoms with van der Waals surface area (Å²) in [6.07, 6.45) is 0.111.